The summed E-state index contributed by atoms with van der Waals surface area (Å²) in [5.41, 5.74) is 0.642. The monoisotopic (exact) mass is 424 g/mol. The highest BCUT2D eigenvalue weighted by atomic mass is 16.7. The minimum Gasteiger partial charge on any atom is -0.508 e. The first-order valence-corrected chi connectivity index (χ1v) is 10.0. The van der Waals surface area contributed by atoms with Gasteiger partial charge in [0.05, 0.1) is 18.8 Å². The Morgan fingerprint density at radius 2 is 1.80 bits per heavy atom. The summed E-state index contributed by atoms with van der Waals surface area (Å²) in [4.78, 5) is 12.3. The Morgan fingerprint density at radius 1 is 1.10 bits per heavy atom. The Kier molecular flexibility index (Phi) is 7.81. The number of phenols is 1. The number of carbonyl (C=O) groups excluding carboxylic acids is 1. The molecule has 0 unspecified atom stereocenters. The van der Waals surface area contributed by atoms with Crippen LogP contribution in [0, 0.1) is 0 Å². The first-order chi connectivity index (χ1) is 14.4. The Morgan fingerprint density at radius 3 is 2.47 bits per heavy atom. The number of hydrogen-bond donors (Lipinski definition) is 5. The van der Waals surface area contributed by atoms with E-state index in [1.54, 1.807) is 12.1 Å². The summed E-state index contributed by atoms with van der Waals surface area (Å²) in [5, 5.41) is 49.5. The number of rotatable bonds is 6. The largest absolute Gasteiger partial charge is 0.508 e. The Balaban J connectivity index is 1.70. The van der Waals surface area contributed by atoms with Crippen molar-refractivity contribution in [2.24, 2.45) is 0 Å². The molecule has 2 aliphatic rings. The molecular formula is C21H28O9. The lowest BCUT2D eigenvalue weighted by molar-refractivity contribution is -0.320. The van der Waals surface area contributed by atoms with Gasteiger partial charge in [-0.05, 0) is 36.6 Å². The summed E-state index contributed by atoms with van der Waals surface area (Å²) in [6, 6.07) is 6.14. The van der Waals surface area contributed by atoms with Crippen LogP contribution in [0.25, 0.3) is 6.08 Å². The third-order valence-corrected chi connectivity index (χ3v) is 5.36. The minimum absolute atomic E-state index is 0.0921. The average Bonchev–Trinajstić information content (AvgIpc) is 2.74. The van der Waals surface area contributed by atoms with Crippen molar-refractivity contribution in [1.29, 1.82) is 0 Å². The lowest BCUT2D eigenvalue weighted by Crippen LogP contribution is -2.61. The molecule has 9 nitrogen and oxygen atoms in total. The van der Waals surface area contributed by atoms with E-state index >= 15 is 0 Å². The molecule has 0 aromatic heterocycles. The molecule has 9 heteroatoms. The molecule has 30 heavy (non-hydrogen) atoms. The molecular weight excluding hydrogens is 396 g/mol. The summed E-state index contributed by atoms with van der Waals surface area (Å²) in [5.74, 6) is -0.710. The molecule has 0 spiro atoms. The molecule has 3 rings (SSSR count). The van der Waals surface area contributed by atoms with Gasteiger partial charge >= 0.3 is 5.97 Å². The van der Waals surface area contributed by atoms with Crippen LogP contribution in [0.15, 0.2) is 30.3 Å². The van der Waals surface area contributed by atoms with Gasteiger partial charge in [-0.15, -0.1) is 0 Å². The molecule has 1 heterocycles. The van der Waals surface area contributed by atoms with Crippen LogP contribution in [0.4, 0.5) is 0 Å². The van der Waals surface area contributed by atoms with Crippen molar-refractivity contribution in [2.45, 2.75) is 68.6 Å². The molecule has 0 radical (unpaired) electrons. The van der Waals surface area contributed by atoms with Crippen molar-refractivity contribution in [3.63, 3.8) is 0 Å². The van der Waals surface area contributed by atoms with Crippen LogP contribution in [0.2, 0.25) is 0 Å². The van der Waals surface area contributed by atoms with Crippen LogP contribution >= 0.6 is 0 Å². The second-order valence-corrected chi connectivity index (χ2v) is 7.56. The number of phenolic OH excluding ortho intramolecular Hbond substituents is 1. The van der Waals surface area contributed by atoms with Gasteiger partial charge in [-0.25, -0.2) is 4.79 Å². The quantitative estimate of drug-likeness (QED) is 0.316. The van der Waals surface area contributed by atoms with Crippen LogP contribution in [0.3, 0.4) is 0 Å². The van der Waals surface area contributed by atoms with Crippen LogP contribution < -0.4 is 0 Å². The standard InChI is InChI=1S/C21H28O9/c22-11-16-18(26)19(27)20(21(29-16)28-15-4-2-1-3-14(15)24)30-17(25)10-7-12-5-8-13(23)9-6-12/h5-10,14-16,18-24,26-27H,1-4,11H2/t14-,15-,16+,18+,19-,20-,21+/m0/s1. The first kappa shape index (κ1) is 22.7. The molecule has 1 aromatic carbocycles. The Bertz CT molecular complexity index is 720. The van der Waals surface area contributed by atoms with Crippen molar-refractivity contribution in [3.05, 3.63) is 35.9 Å². The summed E-state index contributed by atoms with van der Waals surface area (Å²) in [6.45, 7) is -0.563. The number of carbonyl (C=O) groups is 1. The third-order valence-electron chi connectivity index (χ3n) is 5.36. The van der Waals surface area contributed by atoms with E-state index in [0.717, 1.165) is 18.9 Å². The minimum atomic E-state index is -1.55. The van der Waals surface area contributed by atoms with E-state index < -0.39 is 55.5 Å². The van der Waals surface area contributed by atoms with E-state index in [9.17, 15) is 30.3 Å². The van der Waals surface area contributed by atoms with Gasteiger partial charge < -0.3 is 39.7 Å². The fourth-order valence-electron chi connectivity index (χ4n) is 3.62. The van der Waals surface area contributed by atoms with Crippen molar-refractivity contribution in [3.8, 4) is 5.75 Å². The Hall–Kier alpha value is -2.01. The fourth-order valence-corrected chi connectivity index (χ4v) is 3.62. The fraction of sp³-hybridized carbons (Fsp3) is 0.571. The first-order valence-electron chi connectivity index (χ1n) is 10.0. The molecule has 2 fully saturated rings. The summed E-state index contributed by atoms with van der Waals surface area (Å²) in [7, 11) is 0. The van der Waals surface area contributed by atoms with Crippen LogP contribution in [-0.2, 0) is 19.0 Å². The predicted molar refractivity (Wildman–Crippen MR) is 104 cm³/mol. The van der Waals surface area contributed by atoms with Gasteiger partial charge in [0.1, 0.15) is 24.1 Å². The maximum absolute atomic E-state index is 12.3. The van der Waals surface area contributed by atoms with Crippen molar-refractivity contribution in [2.75, 3.05) is 6.61 Å². The van der Waals surface area contributed by atoms with Crippen LogP contribution in [0.1, 0.15) is 31.2 Å². The molecule has 0 amide bonds. The van der Waals surface area contributed by atoms with Gasteiger partial charge in [-0.3, -0.25) is 0 Å². The van der Waals surface area contributed by atoms with E-state index in [1.807, 2.05) is 0 Å². The SMILES string of the molecule is O=C(C=Cc1ccc(O)cc1)O[C@@H]1[C@H](O[C@H]2CCCC[C@@H]2O)O[C@H](CO)[C@@H](O)[C@@H]1O. The number of benzene rings is 1. The molecule has 1 saturated heterocycles. The van der Waals surface area contributed by atoms with Crippen molar-refractivity contribution < 1.29 is 44.5 Å². The third kappa shape index (κ3) is 5.57. The topological polar surface area (TPSA) is 146 Å². The van der Waals surface area contributed by atoms with Gasteiger partial charge in [-0.2, -0.15) is 0 Å². The lowest BCUT2D eigenvalue weighted by atomic mass is 9.94. The number of aliphatic hydroxyl groups excluding tert-OH is 4. The molecule has 1 aliphatic heterocycles. The zero-order valence-corrected chi connectivity index (χ0v) is 16.4. The van der Waals surface area contributed by atoms with Gasteiger partial charge in [0.2, 0.25) is 0 Å². The molecule has 7 atom stereocenters. The summed E-state index contributed by atoms with van der Waals surface area (Å²) < 4.78 is 16.6. The molecule has 166 valence electrons. The molecule has 1 aromatic rings. The van der Waals surface area contributed by atoms with Gasteiger partial charge in [0.15, 0.2) is 12.4 Å². The number of aromatic hydroxyl groups is 1. The molecule has 0 bridgehead atoms. The highest BCUT2D eigenvalue weighted by Crippen LogP contribution is 2.29. The van der Waals surface area contributed by atoms with Crippen molar-refractivity contribution in [1.82, 2.24) is 0 Å². The molecule has 1 saturated carbocycles. The maximum atomic E-state index is 12.3. The molecule has 5 N–H and O–H groups in total. The van der Waals surface area contributed by atoms with Crippen LogP contribution in [0.5, 0.6) is 5.75 Å². The smallest absolute Gasteiger partial charge is 0.331 e. The average molecular weight is 424 g/mol. The highest BCUT2D eigenvalue weighted by molar-refractivity contribution is 5.87. The van der Waals surface area contributed by atoms with E-state index in [-0.39, 0.29) is 5.75 Å². The number of hydrogen-bond acceptors (Lipinski definition) is 9. The second kappa shape index (κ2) is 10.3. The van der Waals surface area contributed by atoms with E-state index in [0.29, 0.717) is 18.4 Å². The normalized spacial score (nSPS) is 34.7. The van der Waals surface area contributed by atoms with E-state index in [2.05, 4.69) is 0 Å². The van der Waals surface area contributed by atoms with Gasteiger partial charge in [-0.1, -0.05) is 25.0 Å². The zero-order valence-electron chi connectivity index (χ0n) is 16.4. The van der Waals surface area contributed by atoms with E-state index in [4.69, 9.17) is 14.2 Å². The summed E-state index contributed by atoms with van der Waals surface area (Å²) >= 11 is 0. The lowest BCUT2D eigenvalue weighted by Gasteiger charge is -2.43. The maximum Gasteiger partial charge on any atom is 0.331 e. The van der Waals surface area contributed by atoms with Crippen LogP contribution in [-0.4, -0.2) is 81.0 Å². The number of aliphatic hydroxyl groups is 4. The van der Waals surface area contributed by atoms with E-state index in [1.165, 1.54) is 18.2 Å². The van der Waals surface area contributed by atoms with Gasteiger partial charge in [0.25, 0.3) is 0 Å². The predicted octanol–water partition coefficient (Wildman–Crippen LogP) is 0.0763. The van der Waals surface area contributed by atoms with Gasteiger partial charge in [0, 0.05) is 6.08 Å². The number of esters is 1. The highest BCUT2D eigenvalue weighted by Gasteiger charge is 2.48. The van der Waals surface area contributed by atoms with Crippen molar-refractivity contribution >= 4 is 12.0 Å². The molecule has 1 aliphatic carbocycles. The Labute approximate surface area is 174 Å². The number of ether oxygens (including phenoxy) is 3. The second-order valence-electron chi connectivity index (χ2n) is 7.56. The zero-order chi connectivity index (χ0) is 21.7. The summed E-state index contributed by atoms with van der Waals surface area (Å²) in [6.07, 6.45) is -2.59.